The molecule has 3 rings (SSSR count). The molecular formula is C24H30N4O2. The number of benzene rings is 2. The van der Waals surface area contributed by atoms with Gasteiger partial charge < -0.3 is 9.64 Å². The Morgan fingerprint density at radius 3 is 2.40 bits per heavy atom. The summed E-state index contributed by atoms with van der Waals surface area (Å²) in [6.45, 7) is 10.6. The van der Waals surface area contributed by atoms with Crippen LogP contribution in [0.5, 0.6) is 5.75 Å². The molecule has 0 amide bonds. The normalized spacial score (nSPS) is 11.2. The first kappa shape index (κ1) is 21.4. The highest BCUT2D eigenvalue weighted by Crippen LogP contribution is 2.26. The molecule has 3 aromatic rings. The fourth-order valence-corrected chi connectivity index (χ4v) is 3.53. The number of nitrogens with zero attached hydrogens (tertiary/aromatic N) is 4. The lowest BCUT2D eigenvalue weighted by Gasteiger charge is -2.22. The highest BCUT2D eigenvalue weighted by molar-refractivity contribution is 5.86. The van der Waals surface area contributed by atoms with Crippen molar-refractivity contribution in [2.24, 2.45) is 12.0 Å². The Morgan fingerprint density at radius 1 is 1.07 bits per heavy atom. The SMILES string of the molecule is CCOc1cc(N(CC)CC)ccc1C=Nc1c(C)n(C)n(-c2ccccc2)c1=O. The van der Waals surface area contributed by atoms with Gasteiger partial charge in [-0.15, -0.1) is 0 Å². The minimum absolute atomic E-state index is 0.143. The second-order valence-electron chi connectivity index (χ2n) is 7.00. The minimum Gasteiger partial charge on any atom is -0.493 e. The largest absolute Gasteiger partial charge is 0.493 e. The molecular weight excluding hydrogens is 376 g/mol. The summed E-state index contributed by atoms with van der Waals surface area (Å²) in [6.07, 6.45) is 1.72. The van der Waals surface area contributed by atoms with Crippen molar-refractivity contribution in [3.05, 3.63) is 70.1 Å². The van der Waals surface area contributed by atoms with E-state index in [4.69, 9.17) is 4.74 Å². The van der Waals surface area contributed by atoms with Gasteiger partial charge in [0.05, 0.1) is 18.0 Å². The van der Waals surface area contributed by atoms with Crippen LogP contribution in [0.2, 0.25) is 0 Å². The average molecular weight is 407 g/mol. The quantitative estimate of drug-likeness (QED) is 0.518. The Kier molecular flexibility index (Phi) is 6.77. The number of aliphatic imine (C=N–C) groups is 1. The zero-order valence-electron chi connectivity index (χ0n) is 18.4. The van der Waals surface area contributed by atoms with Gasteiger partial charge in [-0.2, -0.15) is 0 Å². The van der Waals surface area contributed by atoms with E-state index in [0.29, 0.717) is 12.3 Å². The molecule has 0 aliphatic heterocycles. The minimum atomic E-state index is -0.143. The number of rotatable bonds is 8. The van der Waals surface area contributed by atoms with Crippen LogP contribution in [-0.4, -0.2) is 35.3 Å². The molecule has 6 heteroatoms. The second-order valence-corrected chi connectivity index (χ2v) is 7.00. The van der Waals surface area contributed by atoms with E-state index in [1.807, 2.05) is 68.0 Å². The van der Waals surface area contributed by atoms with Crippen LogP contribution in [0.25, 0.3) is 5.69 Å². The molecule has 0 fully saturated rings. The van der Waals surface area contributed by atoms with E-state index in [9.17, 15) is 4.79 Å². The second kappa shape index (κ2) is 9.48. The molecule has 2 aromatic carbocycles. The third kappa shape index (κ3) is 4.17. The number of para-hydroxylation sites is 1. The molecule has 1 heterocycles. The molecule has 0 atom stereocenters. The summed E-state index contributed by atoms with van der Waals surface area (Å²) in [5.41, 5.74) is 3.86. The van der Waals surface area contributed by atoms with Gasteiger partial charge in [0.1, 0.15) is 5.75 Å². The molecule has 0 spiro atoms. The van der Waals surface area contributed by atoms with E-state index < -0.39 is 0 Å². The van der Waals surface area contributed by atoms with Crippen molar-refractivity contribution in [1.82, 2.24) is 9.36 Å². The van der Waals surface area contributed by atoms with Gasteiger partial charge in [-0.25, -0.2) is 9.67 Å². The maximum Gasteiger partial charge on any atom is 0.297 e. The number of anilines is 1. The standard InChI is InChI=1S/C24H30N4O2/c1-6-27(7-2)21-15-14-19(22(16-21)30-8-3)17-25-23-18(4)26(5)28(24(23)29)20-12-10-9-11-13-20/h9-17H,6-8H2,1-5H3. The van der Waals surface area contributed by atoms with Crippen LogP contribution in [0.4, 0.5) is 11.4 Å². The molecule has 6 nitrogen and oxygen atoms in total. The Bertz CT molecular complexity index is 1080. The van der Waals surface area contributed by atoms with E-state index in [1.165, 1.54) is 0 Å². The lowest BCUT2D eigenvalue weighted by atomic mass is 10.1. The van der Waals surface area contributed by atoms with Gasteiger partial charge in [0.2, 0.25) is 0 Å². The van der Waals surface area contributed by atoms with Gasteiger partial charge in [0.25, 0.3) is 5.56 Å². The highest BCUT2D eigenvalue weighted by Gasteiger charge is 2.15. The third-order valence-corrected chi connectivity index (χ3v) is 5.28. The average Bonchev–Trinajstić information content (AvgIpc) is 2.97. The molecule has 1 aromatic heterocycles. The third-order valence-electron chi connectivity index (χ3n) is 5.28. The van der Waals surface area contributed by atoms with Crippen LogP contribution in [0.3, 0.4) is 0 Å². The number of hydrogen-bond acceptors (Lipinski definition) is 4. The van der Waals surface area contributed by atoms with Crippen LogP contribution in [-0.2, 0) is 7.05 Å². The summed E-state index contributed by atoms with van der Waals surface area (Å²) in [7, 11) is 1.87. The Hall–Kier alpha value is -3.28. The first-order valence-electron chi connectivity index (χ1n) is 10.4. The Labute approximate surface area is 178 Å². The molecule has 158 valence electrons. The summed E-state index contributed by atoms with van der Waals surface area (Å²) in [4.78, 5) is 19.9. The topological polar surface area (TPSA) is 51.8 Å². The summed E-state index contributed by atoms with van der Waals surface area (Å²) in [6, 6.07) is 15.7. The predicted octanol–water partition coefficient (Wildman–Crippen LogP) is 4.48. The predicted molar refractivity (Wildman–Crippen MR) is 124 cm³/mol. The molecule has 0 N–H and O–H groups in total. The van der Waals surface area contributed by atoms with E-state index in [2.05, 4.69) is 29.8 Å². The van der Waals surface area contributed by atoms with Crippen LogP contribution in [0.15, 0.2) is 58.3 Å². The van der Waals surface area contributed by atoms with Gasteiger partial charge in [-0.05, 0) is 52.0 Å². The monoisotopic (exact) mass is 406 g/mol. The van der Waals surface area contributed by atoms with Crippen molar-refractivity contribution < 1.29 is 4.74 Å². The number of aromatic nitrogens is 2. The van der Waals surface area contributed by atoms with Crippen LogP contribution in [0, 0.1) is 6.92 Å². The molecule has 0 aliphatic carbocycles. The van der Waals surface area contributed by atoms with Crippen molar-refractivity contribution in [2.75, 3.05) is 24.6 Å². The molecule has 0 unspecified atom stereocenters. The first-order valence-corrected chi connectivity index (χ1v) is 10.4. The van der Waals surface area contributed by atoms with Gasteiger partial charge in [-0.3, -0.25) is 9.48 Å². The van der Waals surface area contributed by atoms with Crippen molar-refractivity contribution in [3.8, 4) is 11.4 Å². The van der Waals surface area contributed by atoms with Crippen LogP contribution >= 0.6 is 0 Å². The molecule has 0 radical (unpaired) electrons. The summed E-state index contributed by atoms with van der Waals surface area (Å²) < 4.78 is 9.32. The van der Waals surface area contributed by atoms with Crippen molar-refractivity contribution >= 4 is 17.6 Å². The van der Waals surface area contributed by atoms with Gasteiger partial charge in [0, 0.05) is 43.7 Å². The fourth-order valence-electron chi connectivity index (χ4n) is 3.53. The Balaban J connectivity index is 2.01. The molecule has 0 saturated heterocycles. The molecule has 0 bridgehead atoms. The van der Waals surface area contributed by atoms with E-state index in [-0.39, 0.29) is 5.56 Å². The van der Waals surface area contributed by atoms with Gasteiger partial charge >= 0.3 is 0 Å². The van der Waals surface area contributed by atoms with Crippen LogP contribution < -0.4 is 15.2 Å². The lowest BCUT2D eigenvalue weighted by molar-refractivity contribution is 0.340. The zero-order valence-corrected chi connectivity index (χ0v) is 18.4. The fraction of sp³-hybridized carbons (Fsp3) is 0.333. The zero-order chi connectivity index (χ0) is 21.7. The summed E-state index contributed by atoms with van der Waals surface area (Å²) in [5.74, 6) is 0.766. The maximum atomic E-state index is 13.1. The smallest absolute Gasteiger partial charge is 0.297 e. The van der Waals surface area contributed by atoms with Gasteiger partial charge in [-0.1, -0.05) is 18.2 Å². The van der Waals surface area contributed by atoms with E-state index >= 15 is 0 Å². The van der Waals surface area contributed by atoms with Crippen molar-refractivity contribution in [3.63, 3.8) is 0 Å². The molecule has 0 saturated carbocycles. The van der Waals surface area contributed by atoms with E-state index in [1.54, 1.807) is 10.9 Å². The maximum absolute atomic E-state index is 13.1. The van der Waals surface area contributed by atoms with Gasteiger partial charge in [0.15, 0.2) is 5.69 Å². The number of ether oxygens (including phenoxy) is 1. The van der Waals surface area contributed by atoms with Crippen molar-refractivity contribution in [2.45, 2.75) is 27.7 Å². The first-order chi connectivity index (χ1) is 14.5. The lowest BCUT2D eigenvalue weighted by Crippen LogP contribution is -2.21. The van der Waals surface area contributed by atoms with Crippen molar-refractivity contribution in [1.29, 1.82) is 0 Å². The highest BCUT2D eigenvalue weighted by atomic mass is 16.5. The Morgan fingerprint density at radius 2 is 1.77 bits per heavy atom. The number of hydrogen-bond donors (Lipinski definition) is 0. The molecule has 30 heavy (non-hydrogen) atoms. The summed E-state index contributed by atoms with van der Waals surface area (Å²) >= 11 is 0. The van der Waals surface area contributed by atoms with Crippen LogP contribution in [0.1, 0.15) is 32.0 Å². The van der Waals surface area contributed by atoms with E-state index in [0.717, 1.165) is 41.5 Å². The summed E-state index contributed by atoms with van der Waals surface area (Å²) in [5, 5.41) is 0. The molecule has 0 aliphatic rings.